The lowest BCUT2D eigenvalue weighted by Gasteiger charge is -2.22. The van der Waals surface area contributed by atoms with Gasteiger partial charge < -0.3 is 10.1 Å². The summed E-state index contributed by atoms with van der Waals surface area (Å²) in [6.45, 7) is 7.64. The minimum absolute atomic E-state index is 0.0617. The maximum atomic E-state index is 13.6. The molecule has 1 aromatic rings. The van der Waals surface area contributed by atoms with E-state index in [1.165, 1.54) is 6.07 Å². The van der Waals surface area contributed by atoms with Crippen molar-refractivity contribution >= 4 is 6.09 Å². The second kappa shape index (κ2) is 6.43. The summed E-state index contributed by atoms with van der Waals surface area (Å²) < 4.78 is 18.9. The summed E-state index contributed by atoms with van der Waals surface area (Å²) in [5.41, 5.74) is 0.200. The van der Waals surface area contributed by atoms with Gasteiger partial charge in [-0.2, -0.15) is 0 Å². The van der Waals surface area contributed by atoms with Crippen molar-refractivity contribution in [3.8, 4) is 0 Å². The van der Waals surface area contributed by atoms with Gasteiger partial charge in [0.15, 0.2) is 0 Å². The SMILES string of the molecule is CC(C)(C)OC(=O)N[C@@H]1CCN(Cc2ccccc2F)C1. The van der Waals surface area contributed by atoms with Crippen molar-refractivity contribution in [3.05, 3.63) is 35.6 Å². The topological polar surface area (TPSA) is 41.6 Å². The molecular weight excluding hydrogens is 271 g/mol. The molecule has 0 spiro atoms. The molecule has 2 rings (SSSR count). The first-order valence-corrected chi connectivity index (χ1v) is 7.29. The first-order valence-electron chi connectivity index (χ1n) is 7.29. The highest BCUT2D eigenvalue weighted by Gasteiger charge is 2.26. The number of nitrogens with zero attached hydrogens (tertiary/aromatic N) is 1. The van der Waals surface area contributed by atoms with Gasteiger partial charge in [0.2, 0.25) is 0 Å². The zero-order chi connectivity index (χ0) is 15.5. The summed E-state index contributed by atoms with van der Waals surface area (Å²) in [6, 6.07) is 6.86. The van der Waals surface area contributed by atoms with Crippen LogP contribution in [-0.2, 0) is 11.3 Å². The Morgan fingerprint density at radius 1 is 1.43 bits per heavy atom. The molecule has 1 heterocycles. The number of amides is 1. The molecule has 4 nitrogen and oxygen atoms in total. The van der Waals surface area contributed by atoms with Crippen LogP contribution in [0.5, 0.6) is 0 Å². The van der Waals surface area contributed by atoms with Crippen LogP contribution < -0.4 is 5.32 Å². The molecular formula is C16H23FN2O2. The average molecular weight is 294 g/mol. The third kappa shape index (κ3) is 5.01. The number of halogens is 1. The second-order valence-electron chi connectivity index (χ2n) is 6.46. The van der Waals surface area contributed by atoms with Crippen molar-refractivity contribution in [3.63, 3.8) is 0 Å². The lowest BCUT2D eigenvalue weighted by molar-refractivity contribution is 0.0505. The smallest absolute Gasteiger partial charge is 0.407 e. The number of likely N-dealkylation sites (tertiary alicyclic amines) is 1. The van der Waals surface area contributed by atoms with E-state index in [-0.39, 0.29) is 18.0 Å². The number of hydrogen-bond acceptors (Lipinski definition) is 3. The van der Waals surface area contributed by atoms with Crippen molar-refractivity contribution < 1.29 is 13.9 Å². The first-order chi connectivity index (χ1) is 9.83. The van der Waals surface area contributed by atoms with Crippen molar-refractivity contribution in [2.45, 2.75) is 45.4 Å². The Kier molecular flexibility index (Phi) is 4.83. The van der Waals surface area contributed by atoms with Crippen LogP contribution in [0.15, 0.2) is 24.3 Å². The van der Waals surface area contributed by atoms with Crippen LogP contribution in [0.4, 0.5) is 9.18 Å². The lowest BCUT2D eigenvalue weighted by Crippen LogP contribution is -2.40. The summed E-state index contributed by atoms with van der Waals surface area (Å²) >= 11 is 0. The zero-order valence-electron chi connectivity index (χ0n) is 12.9. The Morgan fingerprint density at radius 3 is 2.81 bits per heavy atom. The van der Waals surface area contributed by atoms with Gasteiger partial charge in [0.05, 0.1) is 0 Å². The number of benzene rings is 1. The highest BCUT2D eigenvalue weighted by molar-refractivity contribution is 5.68. The molecule has 0 radical (unpaired) electrons. The highest BCUT2D eigenvalue weighted by atomic mass is 19.1. The molecule has 1 aliphatic rings. The fraction of sp³-hybridized carbons (Fsp3) is 0.562. The predicted octanol–water partition coefficient (Wildman–Crippen LogP) is 2.92. The van der Waals surface area contributed by atoms with Crippen LogP contribution in [-0.4, -0.2) is 35.7 Å². The van der Waals surface area contributed by atoms with Crippen LogP contribution in [0.2, 0.25) is 0 Å². The maximum Gasteiger partial charge on any atom is 0.407 e. The van der Waals surface area contributed by atoms with Crippen LogP contribution in [0.1, 0.15) is 32.8 Å². The fourth-order valence-electron chi connectivity index (χ4n) is 2.44. The van der Waals surface area contributed by atoms with Crippen molar-refractivity contribution in [2.75, 3.05) is 13.1 Å². The van der Waals surface area contributed by atoms with Gasteiger partial charge in [-0.05, 0) is 33.3 Å². The molecule has 1 fully saturated rings. The van der Waals surface area contributed by atoms with E-state index in [1.54, 1.807) is 12.1 Å². The van der Waals surface area contributed by atoms with Gasteiger partial charge in [-0.25, -0.2) is 9.18 Å². The molecule has 1 atom stereocenters. The summed E-state index contributed by atoms with van der Waals surface area (Å²) in [6.07, 6.45) is 0.466. The predicted molar refractivity (Wildman–Crippen MR) is 79.5 cm³/mol. The molecule has 0 aromatic heterocycles. The van der Waals surface area contributed by atoms with E-state index in [2.05, 4.69) is 10.2 Å². The molecule has 116 valence electrons. The van der Waals surface area contributed by atoms with Crippen molar-refractivity contribution in [2.24, 2.45) is 0 Å². The number of carbonyl (C=O) groups is 1. The van der Waals surface area contributed by atoms with Crippen LogP contribution >= 0.6 is 0 Å². The van der Waals surface area contributed by atoms with Crippen molar-refractivity contribution in [1.82, 2.24) is 10.2 Å². The van der Waals surface area contributed by atoms with Crippen LogP contribution in [0.3, 0.4) is 0 Å². The van der Waals surface area contributed by atoms with Gasteiger partial charge in [0.25, 0.3) is 0 Å². The largest absolute Gasteiger partial charge is 0.444 e. The highest BCUT2D eigenvalue weighted by Crippen LogP contribution is 2.16. The Hall–Kier alpha value is -1.62. The van der Waals surface area contributed by atoms with Crippen LogP contribution in [0, 0.1) is 5.82 Å². The van der Waals surface area contributed by atoms with Gasteiger partial charge in [0.1, 0.15) is 11.4 Å². The maximum absolute atomic E-state index is 13.6. The number of hydrogen-bond donors (Lipinski definition) is 1. The summed E-state index contributed by atoms with van der Waals surface area (Å²) in [4.78, 5) is 13.9. The minimum atomic E-state index is -0.491. The van der Waals surface area contributed by atoms with E-state index in [1.807, 2.05) is 26.8 Å². The average Bonchev–Trinajstić information content (AvgIpc) is 2.77. The Balaban J connectivity index is 1.81. The fourth-order valence-corrected chi connectivity index (χ4v) is 2.44. The van der Waals surface area contributed by atoms with E-state index in [0.29, 0.717) is 18.7 Å². The molecule has 1 saturated heterocycles. The molecule has 0 unspecified atom stereocenters. The van der Waals surface area contributed by atoms with E-state index < -0.39 is 5.60 Å². The Morgan fingerprint density at radius 2 is 2.14 bits per heavy atom. The zero-order valence-corrected chi connectivity index (χ0v) is 12.9. The van der Waals surface area contributed by atoms with Gasteiger partial charge in [0, 0.05) is 31.2 Å². The molecule has 0 bridgehead atoms. The summed E-state index contributed by atoms with van der Waals surface area (Å²) in [5, 5.41) is 2.87. The van der Waals surface area contributed by atoms with E-state index in [0.717, 1.165) is 13.0 Å². The molecule has 1 amide bonds. The lowest BCUT2D eigenvalue weighted by atomic mass is 10.2. The van der Waals surface area contributed by atoms with Gasteiger partial charge in [-0.3, -0.25) is 4.90 Å². The summed E-state index contributed by atoms with van der Waals surface area (Å²) in [7, 11) is 0. The normalized spacial score (nSPS) is 19.5. The number of nitrogens with one attached hydrogen (secondary N) is 1. The van der Waals surface area contributed by atoms with E-state index in [9.17, 15) is 9.18 Å². The quantitative estimate of drug-likeness (QED) is 0.932. The third-order valence-electron chi connectivity index (χ3n) is 3.35. The number of ether oxygens (including phenoxy) is 1. The van der Waals surface area contributed by atoms with Gasteiger partial charge in [-0.15, -0.1) is 0 Å². The summed E-state index contributed by atoms with van der Waals surface area (Å²) in [5.74, 6) is -0.180. The molecule has 1 aliphatic heterocycles. The number of rotatable bonds is 3. The standard InChI is InChI=1S/C16H23FN2O2/c1-16(2,3)21-15(20)18-13-8-9-19(11-13)10-12-6-4-5-7-14(12)17/h4-7,13H,8-11H2,1-3H3,(H,18,20)/t13-/m1/s1. The molecule has 0 aliphatic carbocycles. The van der Waals surface area contributed by atoms with Gasteiger partial charge in [-0.1, -0.05) is 18.2 Å². The molecule has 0 saturated carbocycles. The number of carbonyl (C=O) groups excluding carboxylic acids is 1. The van der Waals surface area contributed by atoms with Crippen LogP contribution in [0.25, 0.3) is 0 Å². The molecule has 1 N–H and O–H groups in total. The Bertz CT molecular complexity index is 499. The molecule has 1 aromatic carbocycles. The second-order valence-corrected chi connectivity index (χ2v) is 6.46. The molecule has 21 heavy (non-hydrogen) atoms. The number of alkyl carbamates (subject to hydrolysis) is 1. The third-order valence-corrected chi connectivity index (χ3v) is 3.35. The van der Waals surface area contributed by atoms with E-state index in [4.69, 9.17) is 4.74 Å². The van der Waals surface area contributed by atoms with Crippen molar-refractivity contribution in [1.29, 1.82) is 0 Å². The monoisotopic (exact) mass is 294 g/mol. The van der Waals surface area contributed by atoms with E-state index >= 15 is 0 Å². The molecule has 5 heteroatoms. The Labute approximate surface area is 125 Å². The van der Waals surface area contributed by atoms with Gasteiger partial charge >= 0.3 is 6.09 Å². The first kappa shape index (κ1) is 15.8. The minimum Gasteiger partial charge on any atom is -0.444 e.